The molecule has 0 aliphatic rings. The highest BCUT2D eigenvalue weighted by atomic mass is 16.1. The third-order valence-corrected chi connectivity index (χ3v) is 3.32. The predicted octanol–water partition coefficient (Wildman–Crippen LogP) is 1.37. The molecule has 6 nitrogen and oxygen atoms in total. The maximum absolute atomic E-state index is 12.1. The van der Waals surface area contributed by atoms with Gasteiger partial charge >= 0.3 is 0 Å². The molecule has 1 aromatic heterocycles. The van der Waals surface area contributed by atoms with Crippen molar-refractivity contribution in [2.24, 2.45) is 0 Å². The molecule has 0 fully saturated rings. The van der Waals surface area contributed by atoms with Crippen LogP contribution >= 0.6 is 0 Å². The van der Waals surface area contributed by atoms with Crippen LogP contribution in [0, 0.1) is 0 Å². The molecular formula is C14H25N5O. The molecule has 20 heavy (non-hydrogen) atoms. The van der Waals surface area contributed by atoms with E-state index in [4.69, 9.17) is 0 Å². The second-order valence-electron chi connectivity index (χ2n) is 5.61. The molecule has 2 N–H and O–H groups in total. The molecule has 1 heterocycles. The molecule has 0 saturated heterocycles. The standard InChI is InChI=1S/C14H25N5O/c1-6-7-16-12-9-15-8-11(18-12)13(20)17-10-14(2,3)19(4)5/h8-9H,6-7,10H2,1-5H3,(H,16,18)(H,17,20). The summed E-state index contributed by atoms with van der Waals surface area (Å²) in [6.07, 6.45) is 4.10. The molecule has 6 heteroatoms. The minimum absolute atomic E-state index is 0.110. The lowest BCUT2D eigenvalue weighted by Crippen LogP contribution is -2.48. The van der Waals surface area contributed by atoms with E-state index in [0.29, 0.717) is 18.1 Å². The first-order valence-corrected chi connectivity index (χ1v) is 6.88. The molecule has 0 atom stereocenters. The van der Waals surface area contributed by atoms with Gasteiger partial charge in [0.2, 0.25) is 0 Å². The van der Waals surface area contributed by atoms with Gasteiger partial charge < -0.3 is 15.5 Å². The van der Waals surface area contributed by atoms with Crippen LogP contribution < -0.4 is 10.6 Å². The highest BCUT2D eigenvalue weighted by molar-refractivity contribution is 5.92. The summed E-state index contributed by atoms with van der Waals surface area (Å²) in [4.78, 5) is 22.4. The first-order chi connectivity index (χ1) is 9.36. The average molecular weight is 279 g/mol. The Kier molecular flexibility index (Phi) is 5.88. The molecule has 0 bridgehead atoms. The Labute approximate surface area is 121 Å². The number of aromatic nitrogens is 2. The van der Waals surface area contributed by atoms with Gasteiger partial charge in [0.1, 0.15) is 11.5 Å². The van der Waals surface area contributed by atoms with Crippen molar-refractivity contribution in [2.45, 2.75) is 32.7 Å². The van der Waals surface area contributed by atoms with E-state index in [1.807, 2.05) is 14.1 Å². The molecule has 0 saturated carbocycles. The molecule has 0 spiro atoms. The zero-order valence-corrected chi connectivity index (χ0v) is 13.0. The Morgan fingerprint density at radius 2 is 2.05 bits per heavy atom. The van der Waals surface area contributed by atoms with Gasteiger partial charge in [0, 0.05) is 18.6 Å². The fraction of sp³-hybridized carbons (Fsp3) is 0.643. The monoisotopic (exact) mass is 279 g/mol. The molecule has 0 aliphatic carbocycles. The van der Waals surface area contributed by atoms with Crippen LogP contribution in [-0.2, 0) is 0 Å². The van der Waals surface area contributed by atoms with Gasteiger partial charge in [-0.15, -0.1) is 0 Å². The molecule has 1 aromatic rings. The number of rotatable bonds is 7. The molecular weight excluding hydrogens is 254 g/mol. The van der Waals surface area contributed by atoms with Crippen LogP contribution in [0.2, 0.25) is 0 Å². The topological polar surface area (TPSA) is 70.2 Å². The quantitative estimate of drug-likeness (QED) is 0.789. The van der Waals surface area contributed by atoms with Crippen LogP contribution in [0.3, 0.4) is 0 Å². The van der Waals surface area contributed by atoms with Gasteiger partial charge in [-0.1, -0.05) is 6.92 Å². The lowest BCUT2D eigenvalue weighted by molar-refractivity contribution is 0.0914. The van der Waals surface area contributed by atoms with Crippen LogP contribution in [0.1, 0.15) is 37.7 Å². The zero-order valence-electron chi connectivity index (χ0n) is 13.0. The number of hydrogen-bond acceptors (Lipinski definition) is 5. The summed E-state index contributed by atoms with van der Waals surface area (Å²) in [6.45, 7) is 7.57. The average Bonchev–Trinajstić information content (AvgIpc) is 2.42. The van der Waals surface area contributed by atoms with Crippen molar-refractivity contribution in [3.8, 4) is 0 Å². The fourth-order valence-electron chi connectivity index (χ4n) is 1.36. The van der Waals surface area contributed by atoms with Gasteiger partial charge in [-0.3, -0.25) is 9.78 Å². The molecule has 0 radical (unpaired) electrons. The van der Waals surface area contributed by atoms with Crippen LogP contribution in [-0.4, -0.2) is 53.5 Å². The van der Waals surface area contributed by atoms with Crippen molar-refractivity contribution in [1.82, 2.24) is 20.2 Å². The van der Waals surface area contributed by atoms with Crippen LogP contribution in [0.25, 0.3) is 0 Å². The highest BCUT2D eigenvalue weighted by Crippen LogP contribution is 2.08. The minimum atomic E-state index is -0.201. The Balaban J connectivity index is 2.63. The van der Waals surface area contributed by atoms with Crippen molar-refractivity contribution >= 4 is 11.7 Å². The summed E-state index contributed by atoms with van der Waals surface area (Å²) in [6, 6.07) is 0. The van der Waals surface area contributed by atoms with Crippen LogP contribution in [0.15, 0.2) is 12.4 Å². The third kappa shape index (κ3) is 4.77. The maximum Gasteiger partial charge on any atom is 0.271 e. The van der Waals surface area contributed by atoms with Crippen molar-refractivity contribution in [1.29, 1.82) is 0 Å². The predicted molar refractivity (Wildman–Crippen MR) is 80.9 cm³/mol. The first kappa shape index (κ1) is 16.4. The number of hydrogen-bond donors (Lipinski definition) is 2. The van der Waals surface area contributed by atoms with E-state index < -0.39 is 0 Å². The second-order valence-corrected chi connectivity index (χ2v) is 5.61. The lowest BCUT2D eigenvalue weighted by atomic mass is 10.0. The van der Waals surface area contributed by atoms with E-state index in [9.17, 15) is 4.79 Å². The van der Waals surface area contributed by atoms with E-state index in [-0.39, 0.29) is 11.4 Å². The van der Waals surface area contributed by atoms with Gasteiger partial charge in [-0.2, -0.15) is 0 Å². The second kappa shape index (κ2) is 7.19. The van der Waals surface area contributed by atoms with Crippen molar-refractivity contribution in [3.63, 3.8) is 0 Å². The maximum atomic E-state index is 12.1. The normalized spacial score (nSPS) is 11.5. The summed E-state index contributed by atoms with van der Waals surface area (Å²) in [7, 11) is 3.97. The van der Waals surface area contributed by atoms with Gasteiger partial charge in [0.05, 0.1) is 12.4 Å². The molecule has 0 aromatic carbocycles. The van der Waals surface area contributed by atoms with E-state index in [0.717, 1.165) is 13.0 Å². The largest absolute Gasteiger partial charge is 0.369 e. The summed E-state index contributed by atoms with van der Waals surface area (Å²) in [5.74, 6) is 0.430. The van der Waals surface area contributed by atoms with Gasteiger partial charge in [-0.05, 0) is 34.4 Å². The fourth-order valence-corrected chi connectivity index (χ4v) is 1.36. The van der Waals surface area contributed by atoms with Gasteiger partial charge in [0.15, 0.2) is 0 Å². The number of carbonyl (C=O) groups is 1. The Morgan fingerprint density at radius 3 is 2.65 bits per heavy atom. The smallest absolute Gasteiger partial charge is 0.271 e. The van der Waals surface area contributed by atoms with Gasteiger partial charge in [-0.25, -0.2) is 4.98 Å². The number of anilines is 1. The van der Waals surface area contributed by atoms with Crippen molar-refractivity contribution < 1.29 is 4.79 Å². The Hall–Kier alpha value is -1.69. The van der Waals surface area contributed by atoms with E-state index in [1.54, 1.807) is 6.20 Å². The third-order valence-electron chi connectivity index (χ3n) is 3.32. The number of likely N-dealkylation sites (N-methyl/N-ethyl adjacent to an activating group) is 1. The summed E-state index contributed by atoms with van der Waals surface area (Å²) in [5.41, 5.74) is 0.224. The number of amides is 1. The molecule has 1 rings (SSSR count). The molecule has 1 amide bonds. The highest BCUT2D eigenvalue weighted by Gasteiger charge is 2.21. The summed E-state index contributed by atoms with van der Waals surface area (Å²) >= 11 is 0. The molecule has 0 unspecified atom stereocenters. The van der Waals surface area contributed by atoms with E-state index >= 15 is 0 Å². The molecule has 0 aliphatic heterocycles. The van der Waals surface area contributed by atoms with E-state index in [2.05, 4.69) is 46.3 Å². The Morgan fingerprint density at radius 1 is 1.35 bits per heavy atom. The Bertz CT molecular complexity index is 445. The lowest BCUT2D eigenvalue weighted by Gasteiger charge is -2.32. The summed E-state index contributed by atoms with van der Waals surface area (Å²) in [5, 5.41) is 6.01. The zero-order chi connectivity index (χ0) is 15.2. The van der Waals surface area contributed by atoms with E-state index in [1.165, 1.54) is 6.20 Å². The van der Waals surface area contributed by atoms with Crippen molar-refractivity contribution in [2.75, 3.05) is 32.5 Å². The van der Waals surface area contributed by atoms with Crippen molar-refractivity contribution in [3.05, 3.63) is 18.1 Å². The minimum Gasteiger partial charge on any atom is -0.369 e. The molecule has 112 valence electrons. The first-order valence-electron chi connectivity index (χ1n) is 6.88. The summed E-state index contributed by atoms with van der Waals surface area (Å²) < 4.78 is 0. The number of nitrogens with zero attached hydrogens (tertiary/aromatic N) is 3. The van der Waals surface area contributed by atoms with Crippen LogP contribution in [0.4, 0.5) is 5.82 Å². The number of nitrogens with one attached hydrogen (secondary N) is 2. The SMILES string of the molecule is CCCNc1cncc(C(=O)NCC(C)(C)N(C)C)n1. The van der Waals surface area contributed by atoms with Crippen LogP contribution in [0.5, 0.6) is 0 Å². The van der Waals surface area contributed by atoms with Gasteiger partial charge in [0.25, 0.3) is 5.91 Å². The number of carbonyl (C=O) groups excluding carboxylic acids is 1.